The molecule has 7 heteroatoms. The molecule has 0 fully saturated rings. The minimum atomic E-state index is -0.694. The highest BCUT2D eigenvalue weighted by molar-refractivity contribution is 7.13. The number of benzene rings is 1. The molecule has 2 aromatic rings. The van der Waals surface area contributed by atoms with E-state index in [1.165, 1.54) is 12.1 Å². The molecule has 2 rings (SSSR count). The Morgan fingerprint density at radius 2 is 2.19 bits per heavy atom. The Morgan fingerprint density at radius 3 is 2.90 bits per heavy atom. The first-order chi connectivity index (χ1) is 10.0. The van der Waals surface area contributed by atoms with Gasteiger partial charge in [0.15, 0.2) is 10.9 Å². The summed E-state index contributed by atoms with van der Waals surface area (Å²) in [6.07, 6.45) is 0.0325. The van der Waals surface area contributed by atoms with Crippen molar-refractivity contribution in [1.82, 2.24) is 4.98 Å². The van der Waals surface area contributed by atoms with E-state index in [1.54, 1.807) is 19.2 Å². The van der Waals surface area contributed by atoms with Crippen molar-refractivity contribution >= 4 is 28.1 Å². The molecule has 0 aliphatic carbocycles. The van der Waals surface area contributed by atoms with Crippen LogP contribution in [0, 0.1) is 18.6 Å². The summed E-state index contributed by atoms with van der Waals surface area (Å²) >= 11 is 1.16. The maximum Gasteiger partial charge on any atom is 0.311 e. The predicted molar refractivity (Wildman–Crippen MR) is 76.8 cm³/mol. The van der Waals surface area contributed by atoms with Crippen LogP contribution >= 0.6 is 11.3 Å². The van der Waals surface area contributed by atoms with Crippen LogP contribution in [-0.2, 0) is 16.0 Å². The Kier molecular flexibility index (Phi) is 4.85. The molecular formula is C14H14F2N2O2S. The molecule has 0 saturated carbocycles. The third kappa shape index (κ3) is 3.75. The van der Waals surface area contributed by atoms with Gasteiger partial charge in [-0.05, 0) is 25.5 Å². The molecule has 4 nitrogen and oxygen atoms in total. The first-order valence-corrected chi connectivity index (χ1v) is 7.21. The lowest BCUT2D eigenvalue weighted by Crippen LogP contribution is -2.07. The second kappa shape index (κ2) is 6.62. The Balaban J connectivity index is 2.13. The molecule has 0 bridgehead atoms. The van der Waals surface area contributed by atoms with Crippen LogP contribution < -0.4 is 5.32 Å². The lowest BCUT2D eigenvalue weighted by Gasteiger charge is -2.07. The predicted octanol–water partition coefficient (Wildman–Crippen LogP) is 3.58. The maximum absolute atomic E-state index is 13.9. The number of hydrogen-bond donors (Lipinski definition) is 1. The summed E-state index contributed by atoms with van der Waals surface area (Å²) in [6, 6.07) is 2.55. The van der Waals surface area contributed by atoms with Gasteiger partial charge in [0.05, 0.1) is 18.7 Å². The number of ether oxygens (including phenoxy) is 1. The number of thiazole rings is 1. The van der Waals surface area contributed by atoms with Crippen molar-refractivity contribution in [1.29, 1.82) is 0 Å². The summed E-state index contributed by atoms with van der Waals surface area (Å²) in [5.74, 6) is -1.74. The number of carbonyl (C=O) groups is 1. The van der Waals surface area contributed by atoms with Crippen LogP contribution in [0.1, 0.15) is 18.2 Å². The molecule has 0 atom stereocenters. The number of halogens is 2. The molecule has 0 amide bonds. The largest absolute Gasteiger partial charge is 0.466 e. The van der Waals surface area contributed by atoms with Crippen molar-refractivity contribution in [2.24, 2.45) is 0 Å². The van der Waals surface area contributed by atoms with Crippen molar-refractivity contribution in [2.45, 2.75) is 20.3 Å². The average molecular weight is 312 g/mol. The molecule has 1 aromatic carbocycles. The van der Waals surface area contributed by atoms with E-state index in [0.29, 0.717) is 23.0 Å². The average Bonchev–Trinajstić information content (AvgIpc) is 2.87. The SMILES string of the molecule is CCOC(=O)Cc1csc(Nc2c(F)ccc(C)c2F)n1. The highest BCUT2D eigenvalue weighted by Crippen LogP contribution is 2.27. The highest BCUT2D eigenvalue weighted by atomic mass is 32.1. The lowest BCUT2D eigenvalue weighted by molar-refractivity contribution is -0.142. The lowest BCUT2D eigenvalue weighted by atomic mass is 10.2. The van der Waals surface area contributed by atoms with Crippen molar-refractivity contribution < 1.29 is 18.3 Å². The quantitative estimate of drug-likeness (QED) is 0.857. The van der Waals surface area contributed by atoms with Crippen LogP contribution in [-0.4, -0.2) is 17.6 Å². The van der Waals surface area contributed by atoms with E-state index in [9.17, 15) is 13.6 Å². The number of carbonyl (C=O) groups excluding carboxylic acids is 1. The number of anilines is 2. The fourth-order valence-corrected chi connectivity index (χ4v) is 2.40. The summed E-state index contributed by atoms with van der Waals surface area (Å²) in [4.78, 5) is 15.4. The smallest absolute Gasteiger partial charge is 0.311 e. The van der Waals surface area contributed by atoms with Gasteiger partial charge in [0.25, 0.3) is 0 Å². The van der Waals surface area contributed by atoms with E-state index in [-0.39, 0.29) is 18.1 Å². The van der Waals surface area contributed by atoms with E-state index in [2.05, 4.69) is 10.3 Å². The number of aromatic nitrogens is 1. The fraction of sp³-hybridized carbons (Fsp3) is 0.286. The molecule has 1 aromatic heterocycles. The van der Waals surface area contributed by atoms with Gasteiger partial charge < -0.3 is 10.1 Å². The third-order valence-corrected chi connectivity index (χ3v) is 3.51. The Morgan fingerprint density at radius 1 is 1.43 bits per heavy atom. The first kappa shape index (κ1) is 15.4. The molecule has 0 aliphatic rings. The fourth-order valence-electron chi connectivity index (χ4n) is 1.68. The normalized spacial score (nSPS) is 10.5. The zero-order valence-electron chi connectivity index (χ0n) is 11.6. The molecule has 0 unspecified atom stereocenters. The molecule has 0 spiro atoms. The number of rotatable bonds is 5. The highest BCUT2D eigenvalue weighted by Gasteiger charge is 2.14. The molecule has 0 aliphatic heterocycles. The minimum Gasteiger partial charge on any atom is -0.466 e. The molecule has 0 radical (unpaired) electrons. The number of nitrogens with one attached hydrogen (secondary N) is 1. The van der Waals surface area contributed by atoms with Gasteiger partial charge in [-0.25, -0.2) is 13.8 Å². The maximum atomic E-state index is 13.9. The van der Waals surface area contributed by atoms with Gasteiger partial charge in [0.2, 0.25) is 0 Å². The van der Waals surface area contributed by atoms with Gasteiger partial charge in [-0.3, -0.25) is 4.79 Å². The van der Waals surface area contributed by atoms with E-state index in [4.69, 9.17) is 4.74 Å². The molecule has 21 heavy (non-hydrogen) atoms. The molecule has 1 N–H and O–H groups in total. The number of esters is 1. The summed E-state index contributed by atoms with van der Waals surface area (Å²) in [5.41, 5.74) is 0.587. The summed E-state index contributed by atoms with van der Waals surface area (Å²) < 4.78 is 32.3. The van der Waals surface area contributed by atoms with Crippen LogP contribution in [0.4, 0.5) is 19.6 Å². The van der Waals surface area contributed by atoms with Crippen LogP contribution in [0.2, 0.25) is 0 Å². The van der Waals surface area contributed by atoms with E-state index in [0.717, 1.165) is 11.3 Å². The van der Waals surface area contributed by atoms with E-state index >= 15 is 0 Å². The van der Waals surface area contributed by atoms with Gasteiger partial charge in [0.1, 0.15) is 11.5 Å². The first-order valence-electron chi connectivity index (χ1n) is 6.33. The molecular weight excluding hydrogens is 298 g/mol. The standard InChI is InChI=1S/C14H14F2N2O2S/c1-3-20-11(19)6-9-7-21-14(17-9)18-13-10(15)5-4-8(2)12(13)16/h4-5,7H,3,6H2,1-2H3,(H,17,18). The van der Waals surface area contributed by atoms with Crippen LogP contribution in [0.15, 0.2) is 17.5 Å². The molecule has 112 valence electrons. The second-order valence-corrected chi connectivity index (χ2v) is 5.16. The summed E-state index contributed by atoms with van der Waals surface area (Å²) in [5, 5.41) is 4.57. The van der Waals surface area contributed by atoms with Crippen molar-refractivity contribution in [3.63, 3.8) is 0 Å². The van der Waals surface area contributed by atoms with Crippen molar-refractivity contribution in [3.8, 4) is 0 Å². The van der Waals surface area contributed by atoms with Crippen molar-refractivity contribution in [3.05, 3.63) is 40.4 Å². The number of hydrogen-bond acceptors (Lipinski definition) is 5. The van der Waals surface area contributed by atoms with Crippen LogP contribution in [0.5, 0.6) is 0 Å². The van der Waals surface area contributed by atoms with Gasteiger partial charge in [-0.15, -0.1) is 11.3 Å². The Bertz CT molecular complexity index is 658. The van der Waals surface area contributed by atoms with Gasteiger partial charge in [0, 0.05) is 5.38 Å². The summed E-state index contributed by atoms with van der Waals surface area (Å²) in [7, 11) is 0. The zero-order chi connectivity index (χ0) is 15.4. The van der Waals surface area contributed by atoms with Gasteiger partial charge >= 0.3 is 5.97 Å². The van der Waals surface area contributed by atoms with Gasteiger partial charge in [-0.2, -0.15) is 0 Å². The minimum absolute atomic E-state index is 0.0325. The van der Waals surface area contributed by atoms with Gasteiger partial charge in [-0.1, -0.05) is 6.07 Å². The van der Waals surface area contributed by atoms with E-state index < -0.39 is 11.6 Å². The van der Waals surface area contributed by atoms with Crippen molar-refractivity contribution in [2.75, 3.05) is 11.9 Å². The topological polar surface area (TPSA) is 51.2 Å². The van der Waals surface area contributed by atoms with E-state index in [1.807, 2.05) is 0 Å². The Hall–Kier alpha value is -2.02. The van der Waals surface area contributed by atoms with Crippen LogP contribution in [0.3, 0.4) is 0 Å². The molecule has 0 saturated heterocycles. The number of aryl methyl sites for hydroxylation is 1. The molecule has 1 heterocycles. The number of nitrogens with zero attached hydrogens (tertiary/aromatic N) is 1. The van der Waals surface area contributed by atoms with Crippen LogP contribution in [0.25, 0.3) is 0 Å². The monoisotopic (exact) mass is 312 g/mol. The third-order valence-electron chi connectivity index (χ3n) is 2.70. The zero-order valence-corrected chi connectivity index (χ0v) is 12.4. The Labute approximate surface area is 124 Å². The second-order valence-electron chi connectivity index (χ2n) is 4.30. The summed E-state index contributed by atoms with van der Waals surface area (Å²) in [6.45, 7) is 3.57.